The van der Waals surface area contributed by atoms with E-state index in [0.29, 0.717) is 12.0 Å². The van der Waals surface area contributed by atoms with Crippen LogP contribution in [0.15, 0.2) is 40.1 Å². The number of primary amides is 1. The van der Waals surface area contributed by atoms with Crippen molar-refractivity contribution in [1.82, 2.24) is 0 Å². The number of carbonyl (C=O) groups excluding carboxylic acids is 1. The minimum atomic E-state index is -0.375. The van der Waals surface area contributed by atoms with Gasteiger partial charge >= 0.3 is 0 Å². The molecule has 2 unspecified atom stereocenters. The molecule has 0 radical (unpaired) electrons. The van der Waals surface area contributed by atoms with E-state index >= 15 is 0 Å². The van der Waals surface area contributed by atoms with Gasteiger partial charge in [0, 0.05) is 23.8 Å². The maximum absolute atomic E-state index is 11.0. The zero-order valence-electron chi connectivity index (χ0n) is 8.01. The van der Waals surface area contributed by atoms with Crippen molar-refractivity contribution in [1.29, 1.82) is 0 Å². The molecule has 2 aliphatic heterocycles. The SMILES string of the molecule is NC(=O)C1=CC2=C(C1)OC1C=CC=NC21. The zero-order valence-corrected chi connectivity index (χ0v) is 8.01. The molecule has 2 heterocycles. The standard InChI is InChI=1S/C11H10N2O2/c12-11(14)6-4-7-9(5-6)15-8-2-1-3-13-10(7)8/h1-4,8,10H,5H2,(H2,12,14). The molecular weight excluding hydrogens is 192 g/mol. The first-order valence-corrected chi connectivity index (χ1v) is 4.86. The van der Waals surface area contributed by atoms with Crippen LogP contribution >= 0.6 is 0 Å². The highest BCUT2D eigenvalue weighted by Crippen LogP contribution is 2.39. The van der Waals surface area contributed by atoms with Gasteiger partial charge in [-0.2, -0.15) is 0 Å². The van der Waals surface area contributed by atoms with Crippen molar-refractivity contribution in [3.8, 4) is 0 Å². The Morgan fingerprint density at radius 1 is 1.60 bits per heavy atom. The van der Waals surface area contributed by atoms with Gasteiger partial charge in [0.25, 0.3) is 0 Å². The predicted molar refractivity (Wildman–Crippen MR) is 55.2 cm³/mol. The summed E-state index contributed by atoms with van der Waals surface area (Å²) < 4.78 is 5.69. The maximum atomic E-state index is 11.0. The predicted octanol–water partition coefficient (Wildman–Crippen LogP) is 0.464. The van der Waals surface area contributed by atoms with Crippen molar-refractivity contribution in [2.75, 3.05) is 0 Å². The molecule has 2 atom stereocenters. The van der Waals surface area contributed by atoms with Gasteiger partial charge in [-0.3, -0.25) is 9.79 Å². The average molecular weight is 202 g/mol. The highest BCUT2D eigenvalue weighted by atomic mass is 16.5. The molecule has 1 aliphatic carbocycles. The molecule has 2 N–H and O–H groups in total. The van der Waals surface area contributed by atoms with Crippen molar-refractivity contribution in [2.45, 2.75) is 18.6 Å². The Bertz CT molecular complexity index is 457. The van der Waals surface area contributed by atoms with Crippen LogP contribution in [-0.2, 0) is 9.53 Å². The molecule has 4 heteroatoms. The molecule has 0 fully saturated rings. The number of fused-ring (bicyclic) bond motifs is 2. The van der Waals surface area contributed by atoms with Crippen LogP contribution < -0.4 is 5.73 Å². The fraction of sp³-hybridized carbons (Fsp3) is 0.273. The first-order valence-electron chi connectivity index (χ1n) is 4.86. The van der Waals surface area contributed by atoms with Crippen LogP contribution in [0.4, 0.5) is 0 Å². The number of amides is 1. The van der Waals surface area contributed by atoms with Gasteiger partial charge in [0.15, 0.2) is 0 Å². The summed E-state index contributed by atoms with van der Waals surface area (Å²) >= 11 is 0. The Hall–Kier alpha value is -1.84. The van der Waals surface area contributed by atoms with E-state index in [9.17, 15) is 4.79 Å². The molecule has 0 saturated carbocycles. The van der Waals surface area contributed by atoms with Crippen LogP contribution in [-0.4, -0.2) is 24.3 Å². The van der Waals surface area contributed by atoms with E-state index in [2.05, 4.69) is 4.99 Å². The van der Waals surface area contributed by atoms with Gasteiger partial charge in [0.1, 0.15) is 17.9 Å². The van der Waals surface area contributed by atoms with E-state index < -0.39 is 0 Å². The summed E-state index contributed by atoms with van der Waals surface area (Å²) in [7, 11) is 0. The van der Waals surface area contributed by atoms with Gasteiger partial charge in [0.2, 0.25) is 5.91 Å². The second-order valence-corrected chi connectivity index (χ2v) is 3.80. The van der Waals surface area contributed by atoms with E-state index in [-0.39, 0.29) is 18.1 Å². The lowest BCUT2D eigenvalue weighted by Crippen LogP contribution is -2.23. The Morgan fingerprint density at radius 3 is 3.27 bits per heavy atom. The van der Waals surface area contributed by atoms with Crippen LogP contribution in [0.2, 0.25) is 0 Å². The summed E-state index contributed by atoms with van der Waals surface area (Å²) in [6, 6.07) is 0.0156. The molecule has 0 aromatic rings. The van der Waals surface area contributed by atoms with Gasteiger partial charge in [-0.25, -0.2) is 0 Å². The third-order valence-electron chi connectivity index (χ3n) is 2.86. The minimum Gasteiger partial charge on any atom is -0.487 e. The maximum Gasteiger partial charge on any atom is 0.245 e. The van der Waals surface area contributed by atoms with Gasteiger partial charge < -0.3 is 10.5 Å². The largest absolute Gasteiger partial charge is 0.487 e. The number of aliphatic imine (C=N–C) groups is 1. The number of nitrogens with zero attached hydrogens (tertiary/aromatic N) is 1. The van der Waals surface area contributed by atoms with Crippen molar-refractivity contribution in [3.63, 3.8) is 0 Å². The number of dihydropyridines is 1. The lowest BCUT2D eigenvalue weighted by molar-refractivity contribution is -0.114. The number of allylic oxidation sites excluding steroid dienone is 2. The summed E-state index contributed by atoms with van der Waals surface area (Å²) in [4.78, 5) is 15.3. The molecule has 3 rings (SSSR count). The smallest absolute Gasteiger partial charge is 0.245 e. The van der Waals surface area contributed by atoms with Gasteiger partial charge in [-0.05, 0) is 18.2 Å². The second kappa shape index (κ2) is 2.82. The van der Waals surface area contributed by atoms with E-state index in [0.717, 1.165) is 11.3 Å². The van der Waals surface area contributed by atoms with Gasteiger partial charge in [0.05, 0.1) is 0 Å². The first kappa shape index (κ1) is 8.47. The van der Waals surface area contributed by atoms with Crippen LogP contribution in [0, 0.1) is 0 Å². The number of carbonyl (C=O) groups is 1. The molecule has 1 amide bonds. The van der Waals surface area contributed by atoms with E-state index in [4.69, 9.17) is 10.5 Å². The molecule has 4 nitrogen and oxygen atoms in total. The van der Waals surface area contributed by atoms with Crippen LogP contribution in [0.3, 0.4) is 0 Å². The van der Waals surface area contributed by atoms with Crippen LogP contribution in [0.5, 0.6) is 0 Å². The molecule has 0 spiro atoms. The quantitative estimate of drug-likeness (QED) is 0.671. The number of nitrogens with two attached hydrogens (primary N) is 1. The van der Waals surface area contributed by atoms with Gasteiger partial charge in [-0.1, -0.05) is 0 Å². The van der Waals surface area contributed by atoms with E-state index in [1.807, 2.05) is 18.2 Å². The number of hydrogen-bond acceptors (Lipinski definition) is 3. The monoisotopic (exact) mass is 202 g/mol. The number of hydrogen-bond donors (Lipinski definition) is 1. The second-order valence-electron chi connectivity index (χ2n) is 3.80. The molecule has 0 aromatic heterocycles. The molecular formula is C11H10N2O2. The Morgan fingerprint density at radius 2 is 2.47 bits per heavy atom. The lowest BCUT2D eigenvalue weighted by atomic mass is 10.0. The topological polar surface area (TPSA) is 64.7 Å². The minimum absolute atomic E-state index is 0.00526. The molecule has 0 saturated heterocycles. The summed E-state index contributed by atoms with van der Waals surface area (Å²) in [6.45, 7) is 0. The highest BCUT2D eigenvalue weighted by molar-refractivity contribution is 5.94. The van der Waals surface area contributed by atoms with E-state index in [1.165, 1.54) is 0 Å². The summed E-state index contributed by atoms with van der Waals surface area (Å²) in [5.41, 5.74) is 6.85. The fourth-order valence-electron chi connectivity index (χ4n) is 2.13. The van der Waals surface area contributed by atoms with Crippen molar-refractivity contribution >= 4 is 12.1 Å². The molecule has 0 aromatic carbocycles. The lowest BCUT2D eigenvalue weighted by Gasteiger charge is -2.17. The third-order valence-corrected chi connectivity index (χ3v) is 2.86. The normalized spacial score (nSPS) is 31.1. The van der Waals surface area contributed by atoms with Crippen molar-refractivity contribution < 1.29 is 9.53 Å². The highest BCUT2D eigenvalue weighted by Gasteiger charge is 2.38. The summed E-state index contributed by atoms with van der Waals surface area (Å²) in [6.07, 6.45) is 7.96. The molecule has 3 aliphatic rings. The average Bonchev–Trinajstić information content (AvgIpc) is 2.73. The Balaban J connectivity index is 1.93. The van der Waals surface area contributed by atoms with Crippen LogP contribution in [0.25, 0.3) is 0 Å². The number of ether oxygens (including phenoxy) is 1. The van der Waals surface area contributed by atoms with Crippen LogP contribution in [0.1, 0.15) is 6.42 Å². The summed E-state index contributed by atoms with van der Waals surface area (Å²) in [5, 5.41) is 0. The first-order chi connectivity index (χ1) is 7.25. The molecule has 15 heavy (non-hydrogen) atoms. The van der Waals surface area contributed by atoms with Crippen molar-refractivity contribution in [3.05, 3.63) is 35.1 Å². The molecule has 0 bridgehead atoms. The third kappa shape index (κ3) is 1.14. The van der Waals surface area contributed by atoms with Crippen molar-refractivity contribution in [2.24, 2.45) is 10.7 Å². The molecule has 76 valence electrons. The number of rotatable bonds is 1. The Kier molecular flexibility index (Phi) is 1.59. The van der Waals surface area contributed by atoms with Gasteiger partial charge in [-0.15, -0.1) is 0 Å². The fourth-order valence-corrected chi connectivity index (χ4v) is 2.13. The zero-order chi connectivity index (χ0) is 10.4. The summed E-state index contributed by atoms with van der Waals surface area (Å²) in [5.74, 6) is 0.474. The Labute approximate surface area is 86.8 Å². The van der Waals surface area contributed by atoms with E-state index in [1.54, 1.807) is 6.21 Å².